The number of nitrogens with zero attached hydrogens (tertiary/aromatic N) is 1. The van der Waals surface area contributed by atoms with Gasteiger partial charge in [-0.3, -0.25) is 4.79 Å². The standard InChI is InChI=1S/C17H15ClN2O2/c18-11-3-5-16-14(9-11)19-17(21)13-10-12(4-6-15(13)22-16)20-7-1-2-8-20/h3-6,9-10H,1-2,7-8H2,(H,19,21). The molecule has 2 aliphatic rings. The molecule has 0 bridgehead atoms. The number of amides is 1. The number of fused-ring (bicyclic) bond motifs is 2. The van der Waals surface area contributed by atoms with Crippen LogP contribution < -0.4 is 15.0 Å². The molecule has 2 heterocycles. The normalized spacial score (nSPS) is 16.4. The average Bonchev–Trinajstić information content (AvgIpc) is 3.00. The molecular weight excluding hydrogens is 300 g/mol. The largest absolute Gasteiger partial charge is 0.454 e. The van der Waals surface area contributed by atoms with Crippen LogP contribution in [0.15, 0.2) is 36.4 Å². The Kier molecular flexibility index (Phi) is 3.19. The molecule has 2 aromatic rings. The highest BCUT2D eigenvalue weighted by Crippen LogP contribution is 2.38. The molecule has 0 radical (unpaired) electrons. The van der Waals surface area contributed by atoms with Crippen LogP contribution in [0.4, 0.5) is 11.4 Å². The molecule has 112 valence electrons. The van der Waals surface area contributed by atoms with Crippen molar-refractivity contribution in [1.29, 1.82) is 0 Å². The summed E-state index contributed by atoms with van der Waals surface area (Å²) >= 11 is 5.99. The van der Waals surface area contributed by atoms with Gasteiger partial charge < -0.3 is 15.0 Å². The minimum atomic E-state index is -0.169. The molecule has 1 saturated heterocycles. The van der Waals surface area contributed by atoms with E-state index in [1.165, 1.54) is 12.8 Å². The predicted molar refractivity (Wildman–Crippen MR) is 87.4 cm³/mol. The quantitative estimate of drug-likeness (QED) is 0.853. The van der Waals surface area contributed by atoms with Crippen molar-refractivity contribution in [2.75, 3.05) is 23.3 Å². The zero-order chi connectivity index (χ0) is 15.1. The lowest BCUT2D eigenvalue weighted by molar-refractivity contribution is 0.102. The Labute approximate surface area is 133 Å². The van der Waals surface area contributed by atoms with Crippen molar-refractivity contribution in [3.05, 3.63) is 47.0 Å². The third-order valence-corrected chi connectivity index (χ3v) is 4.32. The van der Waals surface area contributed by atoms with Crippen molar-refractivity contribution >= 4 is 28.9 Å². The van der Waals surface area contributed by atoms with E-state index in [-0.39, 0.29) is 5.91 Å². The molecule has 4 nitrogen and oxygen atoms in total. The number of anilines is 2. The number of benzene rings is 2. The van der Waals surface area contributed by atoms with E-state index in [1.54, 1.807) is 18.2 Å². The minimum Gasteiger partial charge on any atom is -0.454 e. The van der Waals surface area contributed by atoms with E-state index >= 15 is 0 Å². The summed E-state index contributed by atoms with van der Waals surface area (Å²) in [5, 5.41) is 3.43. The fraction of sp³-hybridized carbons (Fsp3) is 0.235. The van der Waals surface area contributed by atoms with Crippen LogP contribution in [-0.4, -0.2) is 19.0 Å². The number of hydrogen-bond donors (Lipinski definition) is 1. The summed E-state index contributed by atoms with van der Waals surface area (Å²) in [5.41, 5.74) is 2.21. The Morgan fingerprint density at radius 2 is 1.82 bits per heavy atom. The second-order valence-corrected chi connectivity index (χ2v) is 6.01. The first-order valence-electron chi connectivity index (χ1n) is 7.38. The van der Waals surface area contributed by atoms with Crippen LogP contribution in [-0.2, 0) is 0 Å². The van der Waals surface area contributed by atoms with Crippen LogP contribution in [0.25, 0.3) is 0 Å². The first-order chi connectivity index (χ1) is 10.7. The van der Waals surface area contributed by atoms with Crippen LogP contribution in [0.2, 0.25) is 5.02 Å². The Hall–Kier alpha value is -2.20. The van der Waals surface area contributed by atoms with E-state index in [9.17, 15) is 4.79 Å². The monoisotopic (exact) mass is 314 g/mol. The summed E-state index contributed by atoms with van der Waals surface area (Å²) in [5.74, 6) is 1.00. The Balaban J connectivity index is 1.75. The molecule has 0 saturated carbocycles. The topological polar surface area (TPSA) is 41.6 Å². The third-order valence-electron chi connectivity index (χ3n) is 4.09. The molecule has 5 heteroatoms. The van der Waals surface area contributed by atoms with Crippen molar-refractivity contribution in [2.45, 2.75) is 12.8 Å². The second-order valence-electron chi connectivity index (χ2n) is 5.57. The van der Waals surface area contributed by atoms with Crippen LogP contribution in [0.5, 0.6) is 11.5 Å². The van der Waals surface area contributed by atoms with Gasteiger partial charge in [-0.2, -0.15) is 0 Å². The SMILES string of the molecule is O=C1Nc2cc(Cl)ccc2Oc2ccc(N3CCCC3)cc21. The predicted octanol–water partition coefficient (Wildman–Crippen LogP) is 4.30. The highest BCUT2D eigenvalue weighted by atomic mass is 35.5. The Morgan fingerprint density at radius 3 is 2.64 bits per heavy atom. The van der Waals surface area contributed by atoms with Gasteiger partial charge in [0.05, 0.1) is 11.3 Å². The lowest BCUT2D eigenvalue weighted by Crippen LogP contribution is -2.18. The van der Waals surface area contributed by atoms with Gasteiger partial charge in [-0.1, -0.05) is 11.6 Å². The van der Waals surface area contributed by atoms with Crippen molar-refractivity contribution in [1.82, 2.24) is 0 Å². The molecule has 0 aliphatic carbocycles. The Bertz CT molecular complexity index is 754. The van der Waals surface area contributed by atoms with E-state index in [4.69, 9.17) is 16.3 Å². The van der Waals surface area contributed by atoms with E-state index in [2.05, 4.69) is 10.2 Å². The molecule has 1 N–H and O–H groups in total. The van der Waals surface area contributed by atoms with Gasteiger partial charge >= 0.3 is 0 Å². The molecular formula is C17H15ClN2O2. The fourth-order valence-corrected chi connectivity index (χ4v) is 3.13. The maximum Gasteiger partial charge on any atom is 0.259 e. The molecule has 4 rings (SSSR count). The molecule has 0 atom stereocenters. The third kappa shape index (κ3) is 2.29. The van der Waals surface area contributed by atoms with Crippen LogP contribution >= 0.6 is 11.6 Å². The Morgan fingerprint density at radius 1 is 1.05 bits per heavy atom. The van der Waals surface area contributed by atoms with Crippen molar-refractivity contribution in [2.24, 2.45) is 0 Å². The van der Waals surface area contributed by atoms with Gasteiger partial charge in [0.15, 0.2) is 5.75 Å². The van der Waals surface area contributed by atoms with Crippen molar-refractivity contribution < 1.29 is 9.53 Å². The number of ether oxygens (including phenoxy) is 1. The van der Waals surface area contributed by atoms with E-state index < -0.39 is 0 Å². The summed E-state index contributed by atoms with van der Waals surface area (Å²) in [6, 6.07) is 11.0. The summed E-state index contributed by atoms with van der Waals surface area (Å²) in [7, 11) is 0. The summed E-state index contributed by atoms with van der Waals surface area (Å²) in [6.45, 7) is 2.08. The fourth-order valence-electron chi connectivity index (χ4n) is 2.95. The van der Waals surface area contributed by atoms with E-state index in [0.29, 0.717) is 27.8 Å². The van der Waals surface area contributed by atoms with Crippen LogP contribution in [0, 0.1) is 0 Å². The van der Waals surface area contributed by atoms with Gasteiger partial charge in [0.1, 0.15) is 5.75 Å². The summed E-state index contributed by atoms with van der Waals surface area (Å²) in [6.07, 6.45) is 2.40. The molecule has 2 aliphatic heterocycles. The minimum absolute atomic E-state index is 0.169. The van der Waals surface area contributed by atoms with Gasteiger partial charge in [-0.15, -0.1) is 0 Å². The van der Waals surface area contributed by atoms with Gasteiger partial charge in [0, 0.05) is 23.8 Å². The van der Waals surface area contributed by atoms with E-state index in [0.717, 1.165) is 18.8 Å². The number of carbonyl (C=O) groups excluding carboxylic acids is 1. The number of nitrogens with one attached hydrogen (secondary N) is 1. The van der Waals surface area contributed by atoms with Gasteiger partial charge in [-0.25, -0.2) is 0 Å². The second kappa shape index (κ2) is 5.21. The number of carbonyl (C=O) groups is 1. The zero-order valence-corrected chi connectivity index (χ0v) is 12.7. The molecule has 1 fully saturated rings. The molecule has 1 amide bonds. The summed E-state index contributed by atoms with van der Waals surface area (Å²) < 4.78 is 5.88. The van der Waals surface area contributed by atoms with E-state index in [1.807, 2.05) is 18.2 Å². The van der Waals surface area contributed by atoms with Gasteiger partial charge in [-0.05, 0) is 49.2 Å². The zero-order valence-electron chi connectivity index (χ0n) is 11.9. The maximum atomic E-state index is 12.5. The first kappa shape index (κ1) is 13.5. The molecule has 2 aromatic carbocycles. The number of rotatable bonds is 1. The lowest BCUT2D eigenvalue weighted by atomic mass is 10.1. The van der Waals surface area contributed by atoms with Gasteiger partial charge in [0.25, 0.3) is 5.91 Å². The van der Waals surface area contributed by atoms with Crippen molar-refractivity contribution in [3.63, 3.8) is 0 Å². The number of halogens is 1. The van der Waals surface area contributed by atoms with Crippen LogP contribution in [0.1, 0.15) is 23.2 Å². The highest BCUT2D eigenvalue weighted by Gasteiger charge is 2.23. The smallest absolute Gasteiger partial charge is 0.259 e. The molecule has 0 aromatic heterocycles. The maximum absolute atomic E-state index is 12.5. The van der Waals surface area contributed by atoms with Gasteiger partial charge in [0.2, 0.25) is 0 Å². The lowest BCUT2D eigenvalue weighted by Gasteiger charge is -2.18. The van der Waals surface area contributed by atoms with Crippen molar-refractivity contribution in [3.8, 4) is 11.5 Å². The number of hydrogen-bond acceptors (Lipinski definition) is 3. The summed E-state index contributed by atoms with van der Waals surface area (Å²) in [4.78, 5) is 14.8. The first-order valence-corrected chi connectivity index (χ1v) is 7.76. The average molecular weight is 315 g/mol. The highest BCUT2D eigenvalue weighted by molar-refractivity contribution is 6.31. The van der Waals surface area contributed by atoms with Crippen LogP contribution in [0.3, 0.4) is 0 Å². The molecule has 22 heavy (non-hydrogen) atoms. The molecule has 0 spiro atoms. The molecule has 0 unspecified atom stereocenters.